The minimum atomic E-state index is -4.11. The summed E-state index contributed by atoms with van der Waals surface area (Å²) in [7, 11) is -2.56. The lowest BCUT2D eigenvalue weighted by molar-refractivity contribution is -0.139. The summed E-state index contributed by atoms with van der Waals surface area (Å²) in [5, 5.41) is 2.88. The molecule has 0 spiro atoms. The molecular formula is C29H34BrN3O5S. The molecule has 0 aliphatic heterocycles. The van der Waals surface area contributed by atoms with Gasteiger partial charge in [0.05, 0.1) is 17.7 Å². The van der Waals surface area contributed by atoms with Crippen molar-refractivity contribution in [2.24, 2.45) is 5.92 Å². The second-order valence-electron chi connectivity index (χ2n) is 9.49. The molecular weight excluding hydrogens is 582 g/mol. The Morgan fingerprint density at radius 3 is 2.28 bits per heavy atom. The SMILES string of the molecule is COc1cccc(CN(C(=O)CN(c2cccc(Br)c2)S(=O)(=O)c2ccccc2)C(C)C(=O)NCC(C)C)c1. The van der Waals surface area contributed by atoms with Gasteiger partial charge in [0.1, 0.15) is 18.3 Å². The summed E-state index contributed by atoms with van der Waals surface area (Å²) in [6.07, 6.45) is 0. The number of hydrogen-bond donors (Lipinski definition) is 1. The molecule has 0 saturated heterocycles. The van der Waals surface area contributed by atoms with Crippen LogP contribution >= 0.6 is 15.9 Å². The summed E-state index contributed by atoms with van der Waals surface area (Å²) < 4.78 is 34.6. The first-order valence-electron chi connectivity index (χ1n) is 12.6. The van der Waals surface area contributed by atoms with Crippen LogP contribution in [0.15, 0.2) is 88.2 Å². The highest BCUT2D eigenvalue weighted by Crippen LogP contribution is 2.27. The number of sulfonamides is 1. The van der Waals surface area contributed by atoms with Crippen molar-refractivity contribution in [3.63, 3.8) is 0 Å². The van der Waals surface area contributed by atoms with E-state index in [2.05, 4.69) is 21.2 Å². The molecule has 0 bridgehead atoms. The van der Waals surface area contributed by atoms with Crippen LogP contribution in [0.3, 0.4) is 0 Å². The molecule has 0 aliphatic rings. The molecule has 1 unspecified atom stereocenters. The van der Waals surface area contributed by atoms with Crippen molar-refractivity contribution in [3.8, 4) is 5.75 Å². The fraction of sp³-hybridized carbons (Fsp3) is 0.310. The molecule has 1 N–H and O–H groups in total. The predicted octanol–water partition coefficient (Wildman–Crippen LogP) is 4.84. The molecule has 0 radical (unpaired) electrons. The van der Waals surface area contributed by atoms with Crippen LogP contribution in [0.5, 0.6) is 5.75 Å². The van der Waals surface area contributed by atoms with Crippen molar-refractivity contribution < 1.29 is 22.7 Å². The minimum Gasteiger partial charge on any atom is -0.497 e. The van der Waals surface area contributed by atoms with Gasteiger partial charge in [0.25, 0.3) is 10.0 Å². The Kier molecular flexibility index (Phi) is 10.5. The van der Waals surface area contributed by atoms with Gasteiger partial charge in [0.2, 0.25) is 11.8 Å². The van der Waals surface area contributed by atoms with Crippen molar-refractivity contribution in [1.82, 2.24) is 10.2 Å². The number of anilines is 1. The van der Waals surface area contributed by atoms with E-state index in [4.69, 9.17) is 4.74 Å². The molecule has 10 heteroatoms. The zero-order chi connectivity index (χ0) is 28.6. The van der Waals surface area contributed by atoms with E-state index in [9.17, 15) is 18.0 Å². The van der Waals surface area contributed by atoms with Gasteiger partial charge in [-0.25, -0.2) is 8.42 Å². The average molecular weight is 617 g/mol. The molecule has 0 fully saturated rings. The number of amides is 2. The van der Waals surface area contributed by atoms with Crippen LogP contribution in [0.2, 0.25) is 0 Å². The van der Waals surface area contributed by atoms with Crippen LogP contribution in [0.1, 0.15) is 26.3 Å². The standard InChI is InChI=1S/C29H34BrN3O5S/c1-21(2)18-31-29(35)22(3)32(19-23-10-8-13-26(16-23)38-4)28(34)20-33(25-12-9-11-24(30)17-25)39(36,37)27-14-6-5-7-15-27/h5-17,21-22H,18-20H2,1-4H3,(H,31,35). The Morgan fingerprint density at radius 2 is 1.64 bits per heavy atom. The van der Waals surface area contributed by atoms with Gasteiger partial charge in [0.15, 0.2) is 0 Å². The molecule has 39 heavy (non-hydrogen) atoms. The molecule has 2 amide bonds. The topological polar surface area (TPSA) is 96.0 Å². The fourth-order valence-electron chi connectivity index (χ4n) is 3.88. The van der Waals surface area contributed by atoms with Gasteiger partial charge in [-0.1, -0.05) is 66.2 Å². The summed E-state index contributed by atoms with van der Waals surface area (Å²) in [6, 6.07) is 21.0. The maximum atomic E-state index is 13.9. The van der Waals surface area contributed by atoms with E-state index in [0.29, 0.717) is 22.5 Å². The Bertz CT molecular complexity index is 1380. The second kappa shape index (κ2) is 13.6. The molecule has 0 aromatic heterocycles. The van der Waals surface area contributed by atoms with E-state index < -0.39 is 28.5 Å². The lowest BCUT2D eigenvalue weighted by Crippen LogP contribution is -2.51. The van der Waals surface area contributed by atoms with Crippen LogP contribution in [0.4, 0.5) is 5.69 Å². The van der Waals surface area contributed by atoms with Gasteiger partial charge >= 0.3 is 0 Å². The number of nitrogens with one attached hydrogen (secondary N) is 1. The van der Waals surface area contributed by atoms with Gasteiger partial charge in [-0.05, 0) is 60.9 Å². The Morgan fingerprint density at radius 1 is 0.949 bits per heavy atom. The molecule has 3 aromatic rings. The van der Waals surface area contributed by atoms with Crippen molar-refractivity contribution in [2.45, 2.75) is 38.3 Å². The van der Waals surface area contributed by atoms with Crippen molar-refractivity contribution in [3.05, 3.63) is 88.9 Å². The number of methoxy groups -OCH3 is 1. The molecule has 3 rings (SSSR count). The fourth-order valence-corrected chi connectivity index (χ4v) is 5.70. The van der Waals surface area contributed by atoms with Crippen molar-refractivity contribution in [2.75, 3.05) is 24.5 Å². The molecule has 8 nitrogen and oxygen atoms in total. The number of carbonyl (C=O) groups is 2. The van der Waals surface area contributed by atoms with Crippen molar-refractivity contribution >= 4 is 43.5 Å². The molecule has 1 atom stereocenters. The Hall–Kier alpha value is -3.37. The number of ether oxygens (including phenoxy) is 1. The molecule has 3 aromatic carbocycles. The normalized spacial score (nSPS) is 12.1. The second-order valence-corrected chi connectivity index (χ2v) is 12.3. The minimum absolute atomic E-state index is 0.0554. The number of benzene rings is 3. The van der Waals surface area contributed by atoms with E-state index in [1.165, 1.54) is 17.0 Å². The van der Waals surface area contributed by atoms with E-state index in [-0.39, 0.29) is 23.3 Å². The molecule has 0 aliphatic carbocycles. The molecule has 0 saturated carbocycles. The first kappa shape index (κ1) is 30.2. The zero-order valence-electron chi connectivity index (χ0n) is 22.5. The largest absolute Gasteiger partial charge is 0.497 e. The molecule has 208 valence electrons. The Balaban J connectivity index is 2.01. The van der Waals surface area contributed by atoms with Gasteiger partial charge in [-0.2, -0.15) is 0 Å². The van der Waals surface area contributed by atoms with E-state index in [0.717, 1.165) is 9.87 Å². The Labute approximate surface area is 239 Å². The van der Waals surface area contributed by atoms with Crippen LogP contribution in [0.25, 0.3) is 0 Å². The number of carbonyl (C=O) groups excluding carboxylic acids is 2. The highest BCUT2D eigenvalue weighted by Gasteiger charge is 2.32. The summed E-state index contributed by atoms with van der Waals surface area (Å²) in [4.78, 5) is 28.4. The van der Waals surface area contributed by atoms with Crippen LogP contribution in [-0.4, -0.2) is 51.4 Å². The quantitative estimate of drug-likeness (QED) is 0.314. The first-order chi connectivity index (χ1) is 18.5. The number of halogens is 1. The van der Waals surface area contributed by atoms with Gasteiger partial charge < -0.3 is 15.0 Å². The summed E-state index contributed by atoms with van der Waals surface area (Å²) in [6.45, 7) is 5.64. The third kappa shape index (κ3) is 8.06. The van der Waals surface area contributed by atoms with Gasteiger partial charge in [0, 0.05) is 17.6 Å². The highest BCUT2D eigenvalue weighted by molar-refractivity contribution is 9.10. The zero-order valence-corrected chi connectivity index (χ0v) is 24.9. The van der Waals surface area contributed by atoms with E-state index in [1.807, 2.05) is 19.9 Å². The van der Waals surface area contributed by atoms with Gasteiger partial charge in [-0.3, -0.25) is 13.9 Å². The predicted molar refractivity (Wildman–Crippen MR) is 156 cm³/mol. The first-order valence-corrected chi connectivity index (χ1v) is 14.8. The third-order valence-corrected chi connectivity index (χ3v) is 8.33. The number of hydrogen-bond acceptors (Lipinski definition) is 5. The lowest BCUT2D eigenvalue weighted by Gasteiger charge is -2.32. The van der Waals surface area contributed by atoms with E-state index in [1.54, 1.807) is 74.7 Å². The highest BCUT2D eigenvalue weighted by atomic mass is 79.9. The van der Waals surface area contributed by atoms with Crippen LogP contribution < -0.4 is 14.4 Å². The average Bonchev–Trinajstić information content (AvgIpc) is 2.93. The van der Waals surface area contributed by atoms with Gasteiger partial charge in [-0.15, -0.1) is 0 Å². The maximum Gasteiger partial charge on any atom is 0.264 e. The maximum absolute atomic E-state index is 13.9. The van der Waals surface area contributed by atoms with Crippen molar-refractivity contribution in [1.29, 1.82) is 0 Å². The van der Waals surface area contributed by atoms with Crippen LogP contribution in [-0.2, 0) is 26.2 Å². The third-order valence-electron chi connectivity index (χ3n) is 6.05. The smallest absolute Gasteiger partial charge is 0.264 e. The summed E-state index contributed by atoms with van der Waals surface area (Å²) in [5.74, 6) is -0.00434. The number of nitrogens with zero attached hydrogens (tertiary/aromatic N) is 2. The number of rotatable bonds is 12. The molecule has 0 heterocycles. The lowest BCUT2D eigenvalue weighted by atomic mass is 10.1. The monoisotopic (exact) mass is 615 g/mol. The summed E-state index contributed by atoms with van der Waals surface area (Å²) >= 11 is 3.40. The summed E-state index contributed by atoms with van der Waals surface area (Å²) in [5.41, 5.74) is 1.06. The van der Waals surface area contributed by atoms with Crippen LogP contribution in [0, 0.1) is 5.92 Å². The van der Waals surface area contributed by atoms with E-state index >= 15 is 0 Å².